The predicted octanol–water partition coefficient (Wildman–Crippen LogP) is 5.34. The van der Waals surface area contributed by atoms with E-state index in [1.54, 1.807) is 17.4 Å². The number of benzene rings is 2. The first kappa shape index (κ1) is 14.9. The molecule has 1 atom stereocenters. The molecular formula is C17H15FINS. The molecule has 3 rings (SSSR count). The third-order valence-electron chi connectivity index (χ3n) is 3.50. The monoisotopic (exact) mass is 411 g/mol. The summed E-state index contributed by atoms with van der Waals surface area (Å²) < 4.78 is 15.6. The zero-order valence-corrected chi connectivity index (χ0v) is 14.5. The average Bonchev–Trinajstić information content (AvgIpc) is 2.89. The molecule has 1 heterocycles. The normalized spacial score (nSPS) is 12.7. The molecule has 0 aliphatic carbocycles. The van der Waals surface area contributed by atoms with E-state index < -0.39 is 0 Å². The summed E-state index contributed by atoms with van der Waals surface area (Å²) in [5.41, 5.74) is 2.39. The van der Waals surface area contributed by atoms with Crippen molar-refractivity contribution in [1.82, 2.24) is 5.32 Å². The molecule has 1 N–H and O–H groups in total. The van der Waals surface area contributed by atoms with E-state index in [-0.39, 0.29) is 11.9 Å². The minimum Gasteiger partial charge on any atom is -0.306 e. The van der Waals surface area contributed by atoms with Crippen molar-refractivity contribution in [3.63, 3.8) is 0 Å². The van der Waals surface area contributed by atoms with E-state index in [0.717, 1.165) is 15.7 Å². The molecule has 0 radical (unpaired) electrons. The largest absolute Gasteiger partial charge is 0.306 e. The van der Waals surface area contributed by atoms with Gasteiger partial charge in [0.25, 0.3) is 0 Å². The number of rotatable bonds is 4. The van der Waals surface area contributed by atoms with Crippen molar-refractivity contribution in [3.8, 4) is 0 Å². The topological polar surface area (TPSA) is 12.0 Å². The highest BCUT2D eigenvalue weighted by atomic mass is 127. The van der Waals surface area contributed by atoms with E-state index >= 15 is 0 Å². The van der Waals surface area contributed by atoms with E-state index in [9.17, 15) is 4.39 Å². The Labute approximate surface area is 141 Å². The molecule has 0 fully saturated rings. The van der Waals surface area contributed by atoms with Crippen molar-refractivity contribution in [2.75, 3.05) is 6.54 Å². The van der Waals surface area contributed by atoms with Gasteiger partial charge in [0.05, 0.1) is 6.04 Å². The summed E-state index contributed by atoms with van der Waals surface area (Å²) in [6.45, 7) is 2.96. The van der Waals surface area contributed by atoms with Gasteiger partial charge in [0.2, 0.25) is 0 Å². The van der Waals surface area contributed by atoms with Crippen LogP contribution in [0.25, 0.3) is 10.1 Å². The van der Waals surface area contributed by atoms with Crippen LogP contribution in [-0.2, 0) is 0 Å². The first-order valence-corrected chi connectivity index (χ1v) is 8.81. The zero-order chi connectivity index (χ0) is 14.8. The van der Waals surface area contributed by atoms with Crippen LogP contribution in [0.4, 0.5) is 4.39 Å². The van der Waals surface area contributed by atoms with Crippen LogP contribution in [0.3, 0.4) is 0 Å². The van der Waals surface area contributed by atoms with Gasteiger partial charge in [0.15, 0.2) is 0 Å². The van der Waals surface area contributed by atoms with Crippen LogP contribution < -0.4 is 5.32 Å². The molecule has 0 saturated carbocycles. The number of hydrogen-bond donors (Lipinski definition) is 1. The molecule has 0 spiro atoms. The number of thiophene rings is 1. The lowest BCUT2D eigenvalue weighted by molar-refractivity contribution is 0.613. The molecule has 108 valence electrons. The summed E-state index contributed by atoms with van der Waals surface area (Å²) in [6.07, 6.45) is 0. The van der Waals surface area contributed by atoms with Crippen molar-refractivity contribution in [1.29, 1.82) is 0 Å². The van der Waals surface area contributed by atoms with Gasteiger partial charge in [-0.1, -0.05) is 31.2 Å². The van der Waals surface area contributed by atoms with Gasteiger partial charge in [-0.3, -0.25) is 0 Å². The summed E-state index contributed by atoms with van der Waals surface area (Å²) >= 11 is 3.97. The maximum Gasteiger partial charge on any atom is 0.124 e. The summed E-state index contributed by atoms with van der Waals surface area (Å²) in [4.78, 5) is 0. The minimum absolute atomic E-state index is 0.0960. The Morgan fingerprint density at radius 1 is 1.19 bits per heavy atom. The Morgan fingerprint density at radius 2 is 2.00 bits per heavy atom. The molecule has 1 unspecified atom stereocenters. The first-order valence-electron chi connectivity index (χ1n) is 6.85. The molecular weight excluding hydrogens is 396 g/mol. The van der Waals surface area contributed by atoms with Crippen LogP contribution in [0.5, 0.6) is 0 Å². The molecule has 1 aromatic heterocycles. The van der Waals surface area contributed by atoms with Gasteiger partial charge in [-0.05, 0) is 69.2 Å². The van der Waals surface area contributed by atoms with Gasteiger partial charge in [0, 0.05) is 8.27 Å². The molecule has 3 aromatic rings. The van der Waals surface area contributed by atoms with Crippen LogP contribution in [-0.4, -0.2) is 6.54 Å². The average molecular weight is 411 g/mol. The predicted molar refractivity (Wildman–Crippen MR) is 96.5 cm³/mol. The van der Waals surface area contributed by atoms with E-state index in [1.165, 1.54) is 21.7 Å². The highest BCUT2D eigenvalue weighted by Gasteiger charge is 2.19. The smallest absolute Gasteiger partial charge is 0.124 e. The van der Waals surface area contributed by atoms with E-state index in [4.69, 9.17) is 0 Å². The van der Waals surface area contributed by atoms with Gasteiger partial charge >= 0.3 is 0 Å². The van der Waals surface area contributed by atoms with Gasteiger partial charge in [-0.25, -0.2) is 4.39 Å². The number of nitrogens with one attached hydrogen (secondary N) is 1. The van der Waals surface area contributed by atoms with Crippen LogP contribution in [0, 0.1) is 9.39 Å². The Bertz CT molecular complexity index is 768. The standard InChI is InChI=1S/C17H15FINS/c1-2-20-17(13-8-7-11(18)9-15(13)19)14-10-21-16-6-4-3-5-12(14)16/h3-10,17,20H,2H2,1H3. The Morgan fingerprint density at radius 3 is 2.76 bits per heavy atom. The lowest BCUT2D eigenvalue weighted by Gasteiger charge is -2.20. The minimum atomic E-state index is -0.187. The molecule has 0 bridgehead atoms. The summed E-state index contributed by atoms with van der Waals surface area (Å²) in [6, 6.07) is 13.5. The van der Waals surface area contributed by atoms with Gasteiger partial charge < -0.3 is 5.32 Å². The number of fused-ring (bicyclic) bond motifs is 1. The van der Waals surface area contributed by atoms with Crippen LogP contribution >= 0.6 is 33.9 Å². The van der Waals surface area contributed by atoms with Crippen LogP contribution in [0.2, 0.25) is 0 Å². The van der Waals surface area contributed by atoms with Crippen LogP contribution in [0.15, 0.2) is 47.8 Å². The quantitative estimate of drug-likeness (QED) is 0.572. The Hall–Kier alpha value is -0.980. The fraction of sp³-hybridized carbons (Fsp3) is 0.176. The Balaban J connectivity index is 2.13. The first-order chi connectivity index (χ1) is 10.2. The summed E-state index contributed by atoms with van der Waals surface area (Å²) in [5, 5.41) is 7.01. The third-order valence-corrected chi connectivity index (χ3v) is 5.42. The SMILES string of the molecule is CCNC(c1ccc(F)cc1I)c1csc2ccccc12. The molecule has 0 saturated heterocycles. The van der Waals surface area contributed by atoms with E-state index in [0.29, 0.717) is 0 Å². The summed E-state index contributed by atoms with van der Waals surface area (Å²) in [5.74, 6) is -0.187. The molecule has 2 aromatic carbocycles. The van der Waals surface area contributed by atoms with Crippen molar-refractivity contribution in [2.24, 2.45) is 0 Å². The Kier molecular flexibility index (Phi) is 4.57. The number of hydrogen-bond acceptors (Lipinski definition) is 2. The van der Waals surface area contributed by atoms with E-state index in [1.807, 2.05) is 6.07 Å². The molecule has 0 aliphatic heterocycles. The molecule has 1 nitrogen and oxygen atoms in total. The number of halogens is 2. The maximum absolute atomic E-state index is 13.4. The van der Waals surface area contributed by atoms with Crippen LogP contribution in [0.1, 0.15) is 24.1 Å². The third kappa shape index (κ3) is 2.98. The van der Waals surface area contributed by atoms with Gasteiger partial charge in [0.1, 0.15) is 5.82 Å². The second-order valence-corrected chi connectivity index (χ2v) is 6.92. The molecule has 21 heavy (non-hydrogen) atoms. The van der Waals surface area contributed by atoms with Gasteiger partial charge in [-0.2, -0.15) is 0 Å². The highest BCUT2D eigenvalue weighted by Crippen LogP contribution is 2.35. The van der Waals surface area contributed by atoms with Crippen molar-refractivity contribution < 1.29 is 4.39 Å². The fourth-order valence-corrected chi connectivity index (χ4v) is 4.32. The molecule has 0 aliphatic rings. The lowest BCUT2D eigenvalue weighted by atomic mass is 9.98. The van der Waals surface area contributed by atoms with Crippen molar-refractivity contribution in [2.45, 2.75) is 13.0 Å². The second-order valence-electron chi connectivity index (χ2n) is 4.84. The second kappa shape index (κ2) is 6.42. The zero-order valence-electron chi connectivity index (χ0n) is 11.6. The summed E-state index contributed by atoms with van der Waals surface area (Å²) in [7, 11) is 0. The molecule has 0 amide bonds. The molecule has 4 heteroatoms. The van der Waals surface area contributed by atoms with Gasteiger partial charge in [-0.15, -0.1) is 11.3 Å². The fourth-order valence-electron chi connectivity index (χ4n) is 2.55. The van der Waals surface area contributed by atoms with E-state index in [2.05, 4.69) is 64.5 Å². The highest BCUT2D eigenvalue weighted by molar-refractivity contribution is 14.1. The maximum atomic E-state index is 13.4. The van der Waals surface area contributed by atoms with Crippen molar-refractivity contribution >= 4 is 44.0 Å². The lowest BCUT2D eigenvalue weighted by Crippen LogP contribution is -2.22. The van der Waals surface area contributed by atoms with Crippen molar-refractivity contribution in [3.05, 3.63) is 68.4 Å².